The van der Waals surface area contributed by atoms with Gasteiger partial charge in [-0.15, -0.1) is 0 Å². The lowest BCUT2D eigenvalue weighted by molar-refractivity contribution is 0.0706. The number of nitrogens with one attached hydrogen (secondary N) is 1. The Morgan fingerprint density at radius 1 is 1.30 bits per heavy atom. The van der Waals surface area contributed by atoms with Crippen LogP contribution in [0.1, 0.15) is 38.7 Å². The molecule has 0 spiro atoms. The summed E-state index contributed by atoms with van der Waals surface area (Å²) in [6.45, 7) is 7.93. The summed E-state index contributed by atoms with van der Waals surface area (Å²) in [4.78, 5) is 0. The van der Waals surface area contributed by atoms with Crippen LogP contribution in [0.25, 0.3) is 5.69 Å². The molecule has 2 atom stereocenters. The van der Waals surface area contributed by atoms with Crippen molar-refractivity contribution < 1.29 is 0 Å². The number of nitrogens with zero attached hydrogens (tertiary/aromatic N) is 2. The lowest BCUT2D eigenvalue weighted by Gasteiger charge is -2.52. The fourth-order valence-corrected chi connectivity index (χ4v) is 3.32. The molecule has 0 aliphatic heterocycles. The molecule has 0 bridgehead atoms. The normalized spacial score (nSPS) is 24.4. The first-order chi connectivity index (χ1) is 9.63. The first-order valence-corrected chi connectivity index (χ1v) is 7.46. The summed E-state index contributed by atoms with van der Waals surface area (Å²) in [5.74, 6) is 0.601. The van der Waals surface area contributed by atoms with Gasteiger partial charge in [0, 0.05) is 12.2 Å². The van der Waals surface area contributed by atoms with Crippen molar-refractivity contribution in [3.8, 4) is 5.69 Å². The third-order valence-electron chi connectivity index (χ3n) is 4.74. The highest BCUT2D eigenvalue weighted by molar-refractivity contribution is 5.33. The lowest BCUT2D eigenvalue weighted by atomic mass is 9.57. The minimum atomic E-state index is 0.306. The topological polar surface area (TPSA) is 29.9 Å². The molecule has 106 valence electrons. The van der Waals surface area contributed by atoms with E-state index in [4.69, 9.17) is 0 Å². The van der Waals surface area contributed by atoms with Gasteiger partial charge in [0.25, 0.3) is 0 Å². The monoisotopic (exact) mass is 269 g/mol. The highest BCUT2D eigenvalue weighted by Crippen LogP contribution is 2.52. The lowest BCUT2D eigenvalue weighted by Crippen LogP contribution is -2.55. The van der Waals surface area contributed by atoms with Crippen LogP contribution in [0.15, 0.2) is 42.7 Å². The quantitative estimate of drug-likeness (QED) is 0.922. The van der Waals surface area contributed by atoms with Crippen molar-refractivity contribution in [3.05, 3.63) is 48.3 Å². The molecule has 1 aliphatic carbocycles. The van der Waals surface area contributed by atoms with E-state index in [0.717, 1.165) is 12.2 Å². The molecular weight excluding hydrogens is 246 g/mol. The highest BCUT2D eigenvalue weighted by Gasteiger charge is 2.48. The van der Waals surface area contributed by atoms with E-state index in [-0.39, 0.29) is 0 Å². The van der Waals surface area contributed by atoms with Gasteiger partial charge in [0.2, 0.25) is 0 Å². The maximum Gasteiger partial charge on any atom is 0.0645 e. The molecule has 1 aromatic heterocycles. The predicted octanol–water partition coefficient (Wildman–Crippen LogP) is 3.36. The van der Waals surface area contributed by atoms with E-state index in [1.165, 1.54) is 12.0 Å². The molecule has 1 N–H and O–H groups in total. The Hall–Kier alpha value is -1.61. The van der Waals surface area contributed by atoms with Gasteiger partial charge in [-0.05, 0) is 42.0 Å². The van der Waals surface area contributed by atoms with E-state index >= 15 is 0 Å². The first kappa shape index (κ1) is 13.4. The van der Waals surface area contributed by atoms with Crippen LogP contribution in [0.2, 0.25) is 0 Å². The highest BCUT2D eigenvalue weighted by atomic mass is 15.3. The standard InChI is InChI=1S/C17H23N3/c1-4-18-16-10-15(17(16,2)3)13-11-19-20(12-13)14-8-6-5-7-9-14/h5-9,11-12,15-16,18H,4,10H2,1-3H3. The fraction of sp³-hybridized carbons (Fsp3) is 0.471. The molecule has 2 aromatic rings. The Kier molecular flexibility index (Phi) is 3.38. The van der Waals surface area contributed by atoms with Crippen LogP contribution in [0.3, 0.4) is 0 Å². The Morgan fingerprint density at radius 2 is 2.05 bits per heavy atom. The fourth-order valence-electron chi connectivity index (χ4n) is 3.32. The Balaban J connectivity index is 1.79. The predicted molar refractivity (Wildman–Crippen MR) is 82.2 cm³/mol. The first-order valence-electron chi connectivity index (χ1n) is 7.46. The maximum absolute atomic E-state index is 4.52. The molecule has 2 unspecified atom stereocenters. The summed E-state index contributed by atoms with van der Waals surface area (Å²) in [6.07, 6.45) is 5.42. The molecule has 1 aromatic carbocycles. The van der Waals surface area contributed by atoms with Crippen molar-refractivity contribution in [2.75, 3.05) is 6.54 Å². The van der Waals surface area contributed by atoms with Crippen LogP contribution in [-0.4, -0.2) is 22.4 Å². The third kappa shape index (κ3) is 2.16. The average molecular weight is 269 g/mol. The van der Waals surface area contributed by atoms with E-state index in [2.05, 4.69) is 49.5 Å². The van der Waals surface area contributed by atoms with Gasteiger partial charge in [-0.3, -0.25) is 0 Å². The number of hydrogen-bond acceptors (Lipinski definition) is 2. The van der Waals surface area contributed by atoms with E-state index in [1.54, 1.807) is 0 Å². The zero-order valence-corrected chi connectivity index (χ0v) is 12.5. The van der Waals surface area contributed by atoms with Gasteiger partial charge in [0.15, 0.2) is 0 Å². The van der Waals surface area contributed by atoms with Gasteiger partial charge < -0.3 is 5.32 Å². The summed E-state index contributed by atoms with van der Waals surface area (Å²) >= 11 is 0. The second-order valence-corrected chi connectivity index (χ2v) is 6.27. The average Bonchev–Trinajstić information content (AvgIpc) is 2.93. The van der Waals surface area contributed by atoms with Crippen molar-refractivity contribution in [1.29, 1.82) is 0 Å². The second kappa shape index (κ2) is 5.06. The van der Waals surface area contributed by atoms with E-state index in [0.29, 0.717) is 17.4 Å². The number of aromatic nitrogens is 2. The molecule has 3 rings (SSSR count). The molecule has 1 heterocycles. The van der Waals surface area contributed by atoms with E-state index < -0.39 is 0 Å². The summed E-state index contributed by atoms with van der Waals surface area (Å²) in [5.41, 5.74) is 2.78. The van der Waals surface area contributed by atoms with Crippen molar-refractivity contribution in [1.82, 2.24) is 15.1 Å². The van der Waals surface area contributed by atoms with Crippen molar-refractivity contribution in [2.45, 2.75) is 39.2 Å². The van der Waals surface area contributed by atoms with Crippen LogP contribution in [0, 0.1) is 5.41 Å². The zero-order valence-electron chi connectivity index (χ0n) is 12.5. The minimum absolute atomic E-state index is 0.306. The summed E-state index contributed by atoms with van der Waals surface area (Å²) in [6, 6.07) is 10.9. The van der Waals surface area contributed by atoms with Crippen LogP contribution >= 0.6 is 0 Å². The van der Waals surface area contributed by atoms with Gasteiger partial charge in [-0.1, -0.05) is 39.0 Å². The second-order valence-electron chi connectivity index (χ2n) is 6.27. The summed E-state index contributed by atoms with van der Waals surface area (Å²) < 4.78 is 1.98. The third-order valence-corrected chi connectivity index (χ3v) is 4.74. The summed E-state index contributed by atoms with van der Waals surface area (Å²) in [7, 11) is 0. The Labute approximate surface area is 121 Å². The van der Waals surface area contributed by atoms with E-state index in [1.807, 2.05) is 29.1 Å². The SMILES string of the molecule is CCNC1CC(c2cnn(-c3ccccc3)c2)C1(C)C. The van der Waals surface area contributed by atoms with Gasteiger partial charge in [-0.25, -0.2) is 4.68 Å². The number of hydrogen-bond donors (Lipinski definition) is 1. The minimum Gasteiger partial charge on any atom is -0.314 e. The molecule has 3 heteroatoms. The molecule has 1 saturated carbocycles. The largest absolute Gasteiger partial charge is 0.314 e. The van der Waals surface area contributed by atoms with E-state index in [9.17, 15) is 0 Å². The molecule has 1 fully saturated rings. The van der Waals surface area contributed by atoms with Crippen molar-refractivity contribution >= 4 is 0 Å². The smallest absolute Gasteiger partial charge is 0.0645 e. The molecule has 0 amide bonds. The molecule has 3 nitrogen and oxygen atoms in total. The van der Waals surface area contributed by atoms with Gasteiger partial charge >= 0.3 is 0 Å². The van der Waals surface area contributed by atoms with Crippen LogP contribution < -0.4 is 5.32 Å². The number of para-hydroxylation sites is 1. The molecule has 0 radical (unpaired) electrons. The molecule has 1 aliphatic rings. The molecule has 20 heavy (non-hydrogen) atoms. The maximum atomic E-state index is 4.52. The zero-order chi connectivity index (χ0) is 14.2. The van der Waals surface area contributed by atoms with Crippen molar-refractivity contribution in [2.24, 2.45) is 5.41 Å². The van der Waals surface area contributed by atoms with Gasteiger partial charge in [-0.2, -0.15) is 5.10 Å². The number of benzene rings is 1. The van der Waals surface area contributed by atoms with Crippen LogP contribution in [0.4, 0.5) is 0 Å². The van der Waals surface area contributed by atoms with Gasteiger partial charge in [0.05, 0.1) is 11.9 Å². The molecular formula is C17H23N3. The van der Waals surface area contributed by atoms with Crippen molar-refractivity contribution in [3.63, 3.8) is 0 Å². The Bertz CT molecular complexity index is 571. The van der Waals surface area contributed by atoms with Crippen LogP contribution in [0.5, 0.6) is 0 Å². The van der Waals surface area contributed by atoms with Gasteiger partial charge in [0.1, 0.15) is 0 Å². The molecule has 0 saturated heterocycles. The number of rotatable bonds is 4. The van der Waals surface area contributed by atoms with Crippen LogP contribution in [-0.2, 0) is 0 Å². The summed E-state index contributed by atoms with van der Waals surface area (Å²) in [5, 5.41) is 8.11. The Morgan fingerprint density at radius 3 is 2.70 bits per heavy atom.